The zero-order valence-electron chi connectivity index (χ0n) is 12.3. The van der Waals surface area contributed by atoms with Crippen LogP contribution in [0.5, 0.6) is 0 Å². The highest BCUT2D eigenvalue weighted by Crippen LogP contribution is 2.02. The molecule has 0 aliphatic heterocycles. The number of hydrogen-bond acceptors (Lipinski definition) is 4. The summed E-state index contributed by atoms with van der Waals surface area (Å²) in [6, 6.07) is 10.5. The average molecular weight is 266 g/mol. The van der Waals surface area contributed by atoms with Gasteiger partial charge >= 0.3 is 0 Å². The molecule has 0 aromatic heterocycles. The minimum Gasteiger partial charge on any atom is -0.355 e. The zero-order valence-corrected chi connectivity index (χ0v) is 12.3. The van der Waals surface area contributed by atoms with Crippen LogP contribution < -0.4 is 5.32 Å². The number of benzene rings is 1. The molecule has 0 bridgehead atoms. The van der Waals surface area contributed by atoms with Crippen molar-refractivity contribution < 1.29 is 9.47 Å². The van der Waals surface area contributed by atoms with Crippen LogP contribution in [-0.2, 0) is 16.0 Å². The van der Waals surface area contributed by atoms with Gasteiger partial charge in [-0.15, -0.1) is 0 Å². The van der Waals surface area contributed by atoms with Crippen molar-refractivity contribution in [3.05, 3.63) is 35.9 Å². The molecule has 4 nitrogen and oxygen atoms in total. The number of nitrogens with one attached hydrogen (secondary N) is 1. The van der Waals surface area contributed by atoms with Crippen LogP contribution in [-0.4, -0.2) is 52.1 Å². The Morgan fingerprint density at radius 1 is 1.16 bits per heavy atom. The summed E-state index contributed by atoms with van der Waals surface area (Å²) >= 11 is 0. The Balaban J connectivity index is 2.06. The Labute approximate surface area is 116 Å². The first kappa shape index (κ1) is 16.1. The summed E-state index contributed by atoms with van der Waals surface area (Å²) < 4.78 is 10.2. The molecule has 0 radical (unpaired) electrons. The maximum atomic E-state index is 5.11. The topological polar surface area (TPSA) is 33.7 Å². The number of nitrogens with zero attached hydrogens (tertiary/aromatic N) is 1. The highest BCUT2D eigenvalue weighted by atomic mass is 16.7. The van der Waals surface area contributed by atoms with Crippen molar-refractivity contribution in [1.29, 1.82) is 0 Å². The van der Waals surface area contributed by atoms with Crippen LogP contribution in [0.15, 0.2) is 30.3 Å². The van der Waals surface area contributed by atoms with Crippen molar-refractivity contribution in [3.8, 4) is 0 Å². The minimum absolute atomic E-state index is 0.151. The molecule has 0 fully saturated rings. The van der Waals surface area contributed by atoms with Crippen LogP contribution in [0.3, 0.4) is 0 Å². The molecule has 108 valence electrons. The Morgan fingerprint density at radius 3 is 2.47 bits per heavy atom. The molecule has 1 N–H and O–H groups in total. The molecule has 4 heteroatoms. The van der Waals surface area contributed by atoms with Gasteiger partial charge in [-0.3, -0.25) is 0 Å². The van der Waals surface area contributed by atoms with Crippen LogP contribution in [0.1, 0.15) is 12.0 Å². The first-order valence-corrected chi connectivity index (χ1v) is 6.75. The molecule has 1 aromatic rings. The Bertz CT molecular complexity index is 315. The standard InChI is InChI=1S/C15H26N2O2/c1-17(13-14-8-5-4-6-9-14)11-7-10-16-12-15(18-2)19-3/h4-6,8-9,15-16H,7,10-13H2,1-3H3. The van der Waals surface area contributed by atoms with Crippen molar-refractivity contribution in [2.75, 3.05) is 40.9 Å². The van der Waals surface area contributed by atoms with Crippen molar-refractivity contribution in [2.45, 2.75) is 19.3 Å². The summed E-state index contributed by atoms with van der Waals surface area (Å²) in [4.78, 5) is 2.33. The number of rotatable bonds is 10. The summed E-state index contributed by atoms with van der Waals surface area (Å²) in [5, 5.41) is 3.33. The van der Waals surface area contributed by atoms with Gasteiger partial charge in [-0.05, 0) is 32.1 Å². The number of hydrogen-bond donors (Lipinski definition) is 1. The highest BCUT2D eigenvalue weighted by molar-refractivity contribution is 5.14. The lowest BCUT2D eigenvalue weighted by atomic mass is 10.2. The largest absolute Gasteiger partial charge is 0.355 e. The third kappa shape index (κ3) is 7.28. The van der Waals surface area contributed by atoms with Crippen molar-refractivity contribution >= 4 is 0 Å². The molecule has 0 heterocycles. The highest BCUT2D eigenvalue weighted by Gasteiger charge is 2.03. The number of methoxy groups -OCH3 is 2. The van der Waals surface area contributed by atoms with E-state index in [9.17, 15) is 0 Å². The third-order valence-corrected chi connectivity index (χ3v) is 3.03. The van der Waals surface area contributed by atoms with E-state index in [0.29, 0.717) is 0 Å². The molecule has 0 amide bonds. The zero-order chi connectivity index (χ0) is 13.9. The van der Waals surface area contributed by atoms with Gasteiger partial charge in [0.25, 0.3) is 0 Å². The predicted molar refractivity (Wildman–Crippen MR) is 78.1 cm³/mol. The molecule has 0 saturated carbocycles. The van der Waals surface area contributed by atoms with E-state index in [1.54, 1.807) is 14.2 Å². The van der Waals surface area contributed by atoms with Crippen molar-refractivity contribution in [2.24, 2.45) is 0 Å². The first-order valence-electron chi connectivity index (χ1n) is 6.75. The van der Waals surface area contributed by atoms with Gasteiger partial charge < -0.3 is 19.7 Å². The molecule has 0 saturated heterocycles. The Kier molecular flexibility index (Phi) is 8.41. The van der Waals surface area contributed by atoms with Crippen molar-refractivity contribution in [3.63, 3.8) is 0 Å². The van der Waals surface area contributed by atoms with Crippen molar-refractivity contribution in [1.82, 2.24) is 10.2 Å². The van der Waals surface area contributed by atoms with E-state index in [1.807, 2.05) is 0 Å². The van der Waals surface area contributed by atoms with Crippen LogP contribution in [0.2, 0.25) is 0 Å². The van der Waals surface area contributed by atoms with E-state index < -0.39 is 0 Å². The fourth-order valence-corrected chi connectivity index (χ4v) is 1.93. The lowest BCUT2D eigenvalue weighted by Crippen LogP contribution is -2.31. The SMILES string of the molecule is COC(CNCCCN(C)Cc1ccccc1)OC. The summed E-state index contributed by atoms with van der Waals surface area (Å²) in [5.41, 5.74) is 1.36. The molecule has 0 spiro atoms. The third-order valence-electron chi connectivity index (χ3n) is 3.03. The summed E-state index contributed by atoms with van der Waals surface area (Å²) in [7, 11) is 5.47. The second kappa shape index (κ2) is 9.92. The normalized spacial score (nSPS) is 11.4. The van der Waals surface area contributed by atoms with Gasteiger partial charge in [0.05, 0.1) is 0 Å². The summed E-state index contributed by atoms with van der Waals surface area (Å²) in [6.45, 7) is 3.78. The smallest absolute Gasteiger partial charge is 0.169 e. The minimum atomic E-state index is -0.151. The monoisotopic (exact) mass is 266 g/mol. The van der Waals surface area contributed by atoms with E-state index >= 15 is 0 Å². The van der Waals surface area contributed by atoms with Gasteiger partial charge in [0.1, 0.15) is 0 Å². The Morgan fingerprint density at radius 2 is 1.84 bits per heavy atom. The maximum absolute atomic E-state index is 5.11. The molecule has 0 unspecified atom stereocenters. The van der Waals surface area contributed by atoms with Crippen LogP contribution in [0.4, 0.5) is 0 Å². The van der Waals surface area contributed by atoms with Gasteiger partial charge in [-0.1, -0.05) is 30.3 Å². The average Bonchev–Trinajstić information content (AvgIpc) is 2.44. The van der Waals surface area contributed by atoms with Crippen LogP contribution >= 0.6 is 0 Å². The fourth-order valence-electron chi connectivity index (χ4n) is 1.93. The van der Waals surface area contributed by atoms with Gasteiger partial charge in [-0.2, -0.15) is 0 Å². The van der Waals surface area contributed by atoms with Crippen LogP contribution in [0, 0.1) is 0 Å². The first-order chi connectivity index (χ1) is 9.26. The van der Waals surface area contributed by atoms with E-state index in [2.05, 4.69) is 47.6 Å². The molecule has 1 aromatic carbocycles. The lowest BCUT2D eigenvalue weighted by Gasteiger charge is -2.18. The maximum Gasteiger partial charge on any atom is 0.169 e. The van der Waals surface area contributed by atoms with Gasteiger partial charge in [-0.25, -0.2) is 0 Å². The lowest BCUT2D eigenvalue weighted by molar-refractivity contribution is -0.0986. The molecular formula is C15H26N2O2. The predicted octanol–water partition coefficient (Wildman–Crippen LogP) is 1.72. The van der Waals surface area contributed by atoms with Gasteiger partial charge in [0, 0.05) is 27.3 Å². The van der Waals surface area contributed by atoms with E-state index in [0.717, 1.165) is 32.6 Å². The molecule has 0 aliphatic carbocycles. The fraction of sp³-hybridized carbons (Fsp3) is 0.600. The van der Waals surface area contributed by atoms with E-state index in [4.69, 9.17) is 9.47 Å². The van der Waals surface area contributed by atoms with E-state index in [-0.39, 0.29) is 6.29 Å². The second-order valence-electron chi connectivity index (χ2n) is 4.68. The van der Waals surface area contributed by atoms with Crippen LogP contribution in [0.25, 0.3) is 0 Å². The quantitative estimate of drug-likeness (QED) is 0.516. The number of ether oxygens (including phenoxy) is 2. The molecule has 19 heavy (non-hydrogen) atoms. The summed E-state index contributed by atoms with van der Waals surface area (Å²) in [5.74, 6) is 0. The molecule has 0 aliphatic rings. The second-order valence-corrected chi connectivity index (χ2v) is 4.68. The molecule has 1 rings (SSSR count). The summed E-state index contributed by atoms with van der Waals surface area (Å²) in [6.07, 6.45) is 0.964. The molecule has 0 atom stereocenters. The van der Waals surface area contributed by atoms with Gasteiger partial charge in [0.15, 0.2) is 6.29 Å². The van der Waals surface area contributed by atoms with E-state index in [1.165, 1.54) is 5.56 Å². The molecular weight excluding hydrogens is 240 g/mol. The van der Waals surface area contributed by atoms with Gasteiger partial charge in [0.2, 0.25) is 0 Å². The Hall–Kier alpha value is -0.940.